The van der Waals surface area contributed by atoms with Crippen LogP contribution in [0.3, 0.4) is 0 Å². The Balaban J connectivity index is 1.66. The maximum atomic E-state index is 12.5. The van der Waals surface area contributed by atoms with Crippen LogP contribution in [-0.2, 0) is 0 Å². The highest BCUT2D eigenvalue weighted by molar-refractivity contribution is 6.30. The number of hydrogen-bond acceptors (Lipinski definition) is 4. The van der Waals surface area contributed by atoms with E-state index in [1.807, 2.05) is 4.90 Å². The van der Waals surface area contributed by atoms with Crippen LogP contribution in [0.1, 0.15) is 20.7 Å². The van der Waals surface area contributed by atoms with Crippen LogP contribution in [-0.4, -0.2) is 53.0 Å². The molecular weight excluding hydrogens is 330 g/mol. The number of nitrogens with zero attached hydrogens (tertiary/aromatic N) is 3. The summed E-state index contributed by atoms with van der Waals surface area (Å²) in [7, 11) is 0. The topological polar surface area (TPSA) is 73.7 Å². The number of carbonyl (C=O) groups excluding carboxylic acids is 1. The van der Waals surface area contributed by atoms with E-state index in [9.17, 15) is 9.59 Å². The molecule has 1 saturated heterocycles. The molecular formula is C17H16ClN3O3. The molecule has 1 aromatic carbocycles. The molecule has 1 aliphatic heterocycles. The van der Waals surface area contributed by atoms with Crippen molar-refractivity contribution in [2.24, 2.45) is 0 Å². The zero-order valence-corrected chi connectivity index (χ0v) is 13.6. The smallest absolute Gasteiger partial charge is 0.335 e. The molecule has 24 heavy (non-hydrogen) atoms. The van der Waals surface area contributed by atoms with Gasteiger partial charge in [-0.2, -0.15) is 0 Å². The van der Waals surface area contributed by atoms with E-state index < -0.39 is 5.97 Å². The van der Waals surface area contributed by atoms with Crippen molar-refractivity contribution in [1.29, 1.82) is 0 Å². The number of aromatic nitrogens is 1. The second-order valence-electron chi connectivity index (χ2n) is 5.50. The zero-order chi connectivity index (χ0) is 17.1. The van der Waals surface area contributed by atoms with Crippen LogP contribution >= 0.6 is 11.6 Å². The van der Waals surface area contributed by atoms with Gasteiger partial charge in [-0.3, -0.25) is 4.79 Å². The van der Waals surface area contributed by atoms with Crippen molar-refractivity contribution in [2.45, 2.75) is 0 Å². The van der Waals surface area contributed by atoms with Crippen LogP contribution in [0.4, 0.5) is 5.82 Å². The quantitative estimate of drug-likeness (QED) is 0.924. The lowest BCUT2D eigenvalue weighted by Crippen LogP contribution is -2.49. The Morgan fingerprint density at radius 3 is 2.46 bits per heavy atom. The monoisotopic (exact) mass is 345 g/mol. The number of hydrogen-bond donors (Lipinski definition) is 1. The molecule has 2 aromatic rings. The first kappa shape index (κ1) is 16.3. The minimum atomic E-state index is -0.978. The Labute approximate surface area is 144 Å². The van der Waals surface area contributed by atoms with E-state index in [0.717, 1.165) is 0 Å². The van der Waals surface area contributed by atoms with Crippen LogP contribution < -0.4 is 4.90 Å². The van der Waals surface area contributed by atoms with Crippen molar-refractivity contribution in [3.05, 3.63) is 58.7 Å². The average Bonchev–Trinajstić information content (AvgIpc) is 2.61. The number of halogens is 1. The third-order valence-corrected chi connectivity index (χ3v) is 4.19. The van der Waals surface area contributed by atoms with E-state index in [-0.39, 0.29) is 11.5 Å². The van der Waals surface area contributed by atoms with Gasteiger partial charge in [0, 0.05) is 43.0 Å². The van der Waals surface area contributed by atoms with Gasteiger partial charge >= 0.3 is 5.97 Å². The maximum absolute atomic E-state index is 12.5. The minimum Gasteiger partial charge on any atom is -0.478 e. The molecule has 1 N–H and O–H groups in total. The second kappa shape index (κ2) is 6.88. The number of carboxylic acid groups (broad SMARTS) is 1. The minimum absolute atomic E-state index is 0.0515. The van der Waals surface area contributed by atoms with Crippen molar-refractivity contribution in [3.8, 4) is 0 Å². The predicted octanol–water partition coefficient (Wildman–Crippen LogP) is 2.40. The molecule has 1 fully saturated rings. The first-order valence-electron chi connectivity index (χ1n) is 7.54. The molecule has 3 rings (SSSR count). The molecule has 124 valence electrons. The molecule has 0 aliphatic carbocycles. The zero-order valence-electron chi connectivity index (χ0n) is 12.9. The molecule has 0 bridgehead atoms. The van der Waals surface area contributed by atoms with Crippen LogP contribution in [0.5, 0.6) is 0 Å². The predicted molar refractivity (Wildman–Crippen MR) is 90.8 cm³/mol. The van der Waals surface area contributed by atoms with Crippen LogP contribution in [0.25, 0.3) is 0 Å². The number of carbonyl (C=O) groups is 2. The normalized spacial score (nSPS) is 14.5. The van der Waals surface area contributed by atoms with E-state index in [0.29, 0.717) is 42.6 Å². The number of aromatic carboxylic acids is 1. The number of amides is 1. The van der Waals surface area contributed by atoms with Gasteiger partial charge in [0.15, 0.2) is 0 Å². The fourth-order valence-electron chi connectivity index (χ4n) is 2.67. The number of rotatable bonds is 3. The number of benzene rings is 1. The fourth-order valence-corrected chi connectivity index (χ4v) is 2.86. The lowest BCUT2D eigenvalue weighted by atomic mass is 10.2. The highest BCUT2D eigenvalue weighted by Crippen LogP contribution is 2.18. The molecule has 1 aliphatic rings. The Morgan fingerprint density at radius 1 is 1.04 bits per heavy atom. The fraction of sp³-hybridized carbons (Fsp3) is 0.235. The third-order valence-electron chi connectivity index (χ3n) is 3.95. The van der Waals surface area contributed by atoms with Gasteiger partial charge in [0.25, 0.3) is 5.91 Å². The van der Waals surface area contributed by atoms with E-state index in [4.69, 9.17) is 16.7 Å². The molecule has 1 amide bonds. The summed E-state index contributed by atoms with van der Waals surface area (Å²) in [4.78, 5) is 31.5. The van der Waals surface area contributed by atoms with Gasteiger partial charge < -0.3 is 14.9 Å². The second-order valence-corrected chi connectivity index (χ2v) is 5.93. The summed E-state index contributed by atoms with van der Waals surface area (Å²) >= 11 is 5.94. The average molecular weight is 346 g/mol. The lowest BCUT2D eigenvalue weighted by Gasteiger charge is -2.35. The van der Waals surface area contributed by atoms with Gasteiger partial charge in [0.2, 0.25) is 0 Å². The molecule has 0 saturated carbocycles. The summed E-state index contributed by atoms with van der Waals surface area (Å²) in [5, 5.41) is 9.60. The highest BCUT2D eigenvalue weighted by Gasteiger charge is 2.23. The van der Waals surface area contributed by atoms with Gasteiger partial charge in [-0.05, 0) is 30.3 Å². The van der Waals surface area contributed by atoms with Gasteiger partial charge in [-0.25, -0.2) is 9.78 Å². The summed E-state index contributed by atoms with van der Waals surface area (Å²) < 4.78 is 0. The van der Waals surface area contributed by atoms with Crippen molar-refractivity contribution < 1.29 is 14.7 Å². The largest absolute Gasteiger partial charge is 0.478 e. The molecule has 0 radical (unpaired) electrons. The molecule has 2 heterocycles. The number of anilines is 1. The van der Waals surface area contributed by atoms with E-state index in [1.54, 1.807) is 35.2 Å². The van der Waals surface area contributed by atoms with Crippen molar-refractivity contribution in [2.75, 3.05) is 31.1 Å². The van der Waals surface area contributed by atoms with Crippen molar-refractivity contribution in [3.63, 3.8) is 0 Å². The third kappa shape index (κ3) is 3.49. The van der Waals surface area contributed by atoms with Gasteiger partial charge in [0.05, 0.1) is 5.56 Å². The molecule has 7 heteroatoms. The van der Waals surface area contributed by atoms with Crippen LogP contribution in [0.2, 0.25) is 5.02 Å². The first-order valence-corrected chi connectivity index (χ1v) is 7.91. The van der Waals surface area contributed by atoms with E-state index >= 15 is 0 Å². The van der Waals surface area contributed by atoms with Crippen molar-refractivity contribution >= 4 is 29.3 Å². The van der Waals surface area contributed by atoms with Crippen LogP contribution in [0, 0.1) is 0 Å². The molecule has 6 nitrogen and oxygen atoms in total. The Morgan fingerprint density at radius 2 is 1.79 bits per heavy atom. The summed E-state index contributed by atoms with van der Waals surface area (Å²) in [6.07, 6.45) is 1.49. The first-order chi connectivity index (χ1) is 11.5. The van der Waals surface area contributed by atoms with Crippen LogP contribution in [0.15, 0.2) is 42.6 Å². The number of pyridine rings is 1. The van der Waals surface area contributed by atoms with Crippen molar-refractivity contribution in [1.82, 2.24) is 9.88 Å². The molecule has 0 atom stereocenters. The summed E-state index contributed by atoms with van der Waals surface area (Å²) in [6.45, 7) is 2.29. The SMILES string of the molecule is O=C(O)c1ccnc(N2CCN(C(=O)c3cccc(Cl)c3)CC2)c1. The number of piperazine rings is 1. The van der Waals surface area contributed by atoms with Gasteiger partial charge in [0.1, 0.15) is 5.82 Å². The maximum Gasteiger partial charge on any atom is 0.335 e. The Bertz CT molecular complexity index is 773. The summed E-state index contributed by atoms with van der Waals surface area (Å²) in [5.74, 6) is -0.414. The van der Waals surface area contributed by atoms with Gasteiger partial charge in [-0.15, -0.1) is 0 Å². The molecule has 0 spiro atoms. The molecule has 1 aromatic heterocycles. The summed E-state index contributed by atoms with van der Waals surface area (Å²) in [5.41, 5.74) is 0.777. The Hall–Kier alpha value is -2.60. The highest BCUT2D eigenvalue weighted by atomic mass is 35.5. The Kier molecular flexibility index (Phi) is 4.66. The van der Waals surface area contributed by atoms with Gasteiger partial charge in [-0.1, -0.05) is 17.7 Å². The van der Waals surface area contributed by atoms with E-state index in [1.165, 1.54) is 12.3 Å². The lowest BCUT2D eigenvalue weighted by molar-refractivity contribution is 0.0696. The molecule has 0 unspecified atom stereocenters. The van der Waals surface area contributed by atoms with E-state index in [2.05, 4.69) is 4.98 Å². The summed E-state index contributed by atoms with van der Waals surface area (Å²) in [6, 6.07) is 9.92. The number of carboxylic acids is 1. The standard InChI is InChI=1S/C17H16ClN3O3/c18-14-3-1-2-12(10-14)16(22)21-8-6-20(7-9-21)15-11-13(17(23)24)4-5-19-15/h1-5,10-11H,6-9H2,(H,23,24).